The quantitative estimate of drug-likeness (QED) is 0.335. The molecule has 1 aliphatic rings. The molecule has 35 heavy (non-hydrogen) atoms. The van der Waals surface area contributed by atoms with Crippen molar-refractivity contribution in [2.45, 2.75) is 44.8 Å². The molecule has 8 heteroatoms. The fraction of sp³-hybridized carbons (Fsp3) is 0.370. The summed E-state index contributed by atoms with van der Waals surface area (Å²) < 4.78 is 7.71. The second kappa shape index (κ2) is 11.0. The monoisotopic (exact) mass is 489 g/mol. The lowest BCUT2D eigenvalue weighted by molar-refractivity contribution is 0.0574. The molecule has 0 radical (unpaired) electrons. The fourth-order valence-corrected chi connectivity index (χ4v) is 5.47. The zero-order valence-electron chi connectivity index (χ0n) is 20.0. The van der Waals surface area contributed by atoms with Gasteiger partial charge in [-0.05, 0) is 61.5 Å². The predicted octanol–water partition coefficient (Wildman–Crippen LogP) is 4.89. The molecular weight excluding hydrogens is 458 g/mol. The van der Waals surface area contributed by atoms with Gasteiger partial charge in [-0.2, -0.15) is 5.10 Å². The van der Waals surface area contributed by atoms with Crippen molar-refractivity contribution in [1.29, 1.82) is 0 Å². The number of carbonyl (C=O) groups excluding carboxylic acids is 1. The number of hydrogen-bond acceptors (Lipinski definition) is 6. The molecular formula is C27H31N5O2S. The molecule has 1 amide bonds. The van der Waals surface area contributed by atoms with Gasteiger partial charge in [-0.15, -0.1) is 11.3 Å². The van der Waals surface area contributed by atoms with Crippen LogP contribution in [-0.4, -0.2) is 56.5 Å². The molecule has 0 unspecified atom stereocenters. The molecule has 182 valence electrons. The summed E-state index contributed by atoms with van der Waals surface area (Å²) >= 11 is 1.79. The van der Waals surface area contributed by atoms with E-state index in [1.54, 1.807) is 28.1 Å². The molecule has 4 heterocycles. The number of carbonyl (C=O) groups is 1. The van der Waals surface area contributed by atoms with Gasteiger partial charge in [0.1, 0.15) is 5.75 Å². The van der Waals surface area contributed by atoms with E-state index >= 15 is 0 Å². The Kier molecular flexibility index (Phi) is 7.39. The highest BCUT2D eigenvalue weighted by Crippen LogP contribution is 2.23. The number of thiophene rings is 1. The number of piperidine rings is 1. The first-order valence-corrected chi connectivity index (χ1v) is 13.1. The third-order valence-corrected chi connectivity index (χ3v) is 7.31. The number of rotatable bonds is 9. The Bertz CT molecular complexity index is 1210. The van der Waals surface area contributed by atoms with Gasteiger partial charge in [-0.3, -0.25) is 9.69 Å². The summed E-state index contributed by atoms with van der Waals surface area (Å²) in [7, 11) is 2.14. The van der Waals surface area contributed by atoms with Gasteiger partial charge in [0.25, 0.3) is 5.91 Å². The van der Waals surface area contributed by atoms with Crippen LogP contribution in [0, 0.1) is 0 Å². The highest BCUT2D eigenvalue weighted by atomic mass is 32.1. The van der Waals surface area contributed by atoms with Crippen molar-refractivity contribution in [2.75, 3.05) is 20.2 Å². The number of nitrogens with zero attached hydrogens (tertiary/aromatic N) is 5. The molecule has 1 saturated heterocycles. The van der Waals surface area contributed by atoms with Crippen LogP contribution in [0.4, 0.5) is 0 Å². The van der Waals surface area contributed by atoms with Crippen molar-refractivity contribution in [3.63, 3.8) is 0 Å². The maximum Gasteiger partial charge on any atom is 0.274 e. The third-order valence-electron chi connectivity index (χ3n) is 6.44. The number of aromatic nitrogens is 3. The molecule has 7 nitrogen and oxygen atoms in total. The SMILES string of the molecule is CN(Cc1ccc(OCC[C@@H]2CCCCN2C(=O)c2cc3ncccn3n2)cc1)Cc1cccs1. The molecule has 0 N–H and O–H groups in total. The van der Waals surface area contributed by atoms with Crippen molar-refractivity contribution in [2.24, 2.45) is 0 Å². The molecule has 0 saturated carbocycles. The Morgan fingerprint density at radius 3 is 2.86 bits per heavy atom. The van der Waals surface area contributed by atoms with Gasteiger partial charge < -0.3 is 9.64 Å². The highest BCUT2D eigenvalue weighted by molar-refractivity contribution is 7.09. The van der Waals surface area contributed by atoms with Gasteiger partial charge in [0.15, 0.2) is 11.3 Å². The minimum atomic E-state index is -0.0174. The number of ether oxygens (including phenoxy) is 1. The van der Waals surface area contributed by atoms with Crippen LogP contribution in [0.5, 0.6) is 5.75 Å². The van der Waals surface area contributed by atoms with Gasteiger partial charge in [-0.25, -0.2) is 9.50 Å². The lowest BCUT2D eigenvalue weighted by Crippen LogP contribution is -2.44. The smallest absolute Gasteiger partial charge is 0.274 e. The molecule has 4 aromatic rings. The van der Waals surface area contributed by atoms with Crippen LogP contribution in [0.2, 0.25) is 0 Å². The number of benzene rings is 1. The van der Waals surface area contributed by atoms with Crippen LogP contribution < -0.4 is 4.74 Å². The lowest BCUT2D eigenvalue weighted by Gasteiger charge is -2.35. The molecule has 5 rings (SSSR count). The molecule has 0 aliphatic carbocycles. The molecule has 1 atom stereocenters. The first-order valence-electron chi connectivity index (χ1n) is 12.2. The standard InChI is InChI=1S/C27H31N5O2S/c1-30(20-24-7-4-17-35-24)19-21-8-10-23(11-9-21)34-16-12-22-6-2-3-14-31(22)27(33)25-18-26-28-13-5-15-32(26)29-25/h4-5,7-11,13,15,17-18,22H,2-3,6,12,14,16,19-20H2,1H3/t22-/m0/s1. The van der Waals surface area contributed by atoms with Gasteiger partial charge in [-0.1, -0.05) is 18.2 Å². The van der Waals surface area contributed by atoms with Gasteiger partial charge in [0.2, 0.25) is 0 Å². The largest absolute Gasteiger partial charge is 0.494 e. The maximum atomic E-state index is 13.2. The van der Waals surface area contributed by atoms with E-state index in [9.17, 15) is 4.79 Å². The number of fused-ring (bicyclic) bond motifs is 1. The Morgan fingerprint density at radius 1 is 1.17 bits per heavy atom. The fourth-order valence-electron chi connectivity index (χ4n) is 4.69. The number of amides is 1. The van der Waals surface area contributed by atoms with Crippen molar-refractivity contribution in [3.8, 4) is 5.75 Å². The van der Waals surface area contributed by atoms with Crippen molar-refractivity contribution >= 4 is 22.9 Å². The first-order chi connectivity index (χ1) is 17.2. The van der Waals surface area contributed by atoms with Crippen LogP contribution in [0.3, 0.4) is 0 Å². The average Bonchev–Trinajstić information content (AvgIpc) is 3.55. The predicted molar refractivity (Wildman–Crippen MR) is 138 cm³/mol. The minimum absolute atomic E-state index is 0.0174. The molecule has 1 fully saturated rings. The maximum absolute atomic E-state index is 13.2. The van der Waals surface area contributed by atoms with E-state index in [1.807, 2.05) is 29.3 Å². The van der Waals surface area contributed by atoms with E-state index in [0.717, 1.165) is 51.1 Å². The van der Waals surface area contributed by atoms with E-state index in [0.29, 0.717) is 17.9 Å². The summed E-state index contributed by atoms with van der Waals surface area (Å²) in [4.78, 5) is 23.2. The molecule has 1 aromatic carbocycles. The summed E-state index contributed by atoms with van der Waals surface area (Å²) in [5.41, 5.74) is 2.41. The summed E-state index contributed by atoms with van der Waals surface area (Å²) in [5.74, 6) is 0.853. The topological polar surface area (TPSA) is 63.0 Å². The minimum Gasteiger partial charge on any atom is -0.494 e. The van der Waals surface area contributed by atoms with Crippen molar-refractivity contribution in [1.82, 2.24) is 24.4 Å². The molecule has 0 bridgehead atoms. The Labute approximate surface area is 210 Å². The summed E-state index contributed by atoms with van der Waals surface area (Å²) in [5, 5.41) is 6.55. The third kappa shape index (κ3) is 5.89. The molecule has 0 spiro atoms. The van der Waals surface area contributed by atoms with E-state index in [1.165, 1.54) is 10.4 Å². The average molecular weight is 490 g/mol. The van der Waals surface area contributed by atoms with Crippen molar-refractivity contribution < 1.29 is 9.53 Å². The van der Waals surface area contributed by atoms with Gasteiger partial charge in [0.05, 0.1) is 6.61 Å². The van der Waals surface area contributed by atoms with Crippen LogP contribution in [0.1, 0.15) is 46.6 Å². The Balaban J connectivity index is 1.13. The van der Waals surface area contributed by atoms with E-state index in [2.05, 4.69) is 51.7 Å². The van der Waals surface area contributed by atoms with Crippen molar-refractivity contribution in [3.05, 3.63) is 82.4 Å². The van der Waals surface area contributed by atoms with E-state index in [-0.39, 0.29) is 11.9 Å². The normalized spacial score (nSPS) is 16.2. The van der Waals surface area contributed by atoms with Gasteiger partial charge in [0, 0.05) is 55.4 Å². The Morgan fingerprint density at radius 2 is 2.06 bits per heavy atom. The van der Waals surface area contributed by atoms with E-state index in [4.69, 9.17) is 4.74 Å². The Hall–Kier alpha value is -3.23. The zero-order valence-corrected chi connectivity index (χ0v) is 20.9. The van der Waals surface area contributed by atoms with Crippen LogP contribution >= 0.6 is 11.3 Å². The number of likely N-dealkylation sites (tertiary alicyclic amines) is 1. The lowest BCUT2D eigenvalue weighted by atomic mass is 9.99. The van der Waals surface area contributed by atoms with Crippen LogP contribution in [0.25, 0.3) is 5.65 Å². The van der Waals surface area contributed by atoms with Gasteiger partial charge >= 0.3 is 0 Å². The van der Waals surface area contributed by atoms with Crippen LogP contribution in [0.15, 0.2) is 66.3 Å². The highest BCUT2D eigenvalue weighted by Gasteiger charge is 2.29. The van der Waals surface area contributed by atoms with Crippen LogP contribution in [-0.2, 0) is 13.1 Å². The second-order valence-corrected chi connectivity index (χ2v) is 10.2. The molecule has 1 aliphatic heterocycles. The summed E-state index contributed by atoms with van der Waals surface area (Å²) in [6.45, 7) is 3.20. The second-order valence-electron chi connectivity index (χ2n) is 9.13. The zero-order chi connectivity index (χ0) is 24.0. The number of hydrogen-bond donors (Lipinski definition) is 0. The molecule has 3 aromatic heterocycles. The first kappa shape index (κ1) is 23.5. The summed E-state index contributed by atoms with van der Waals surface area (Å²) in [6.07, 6.45) is 7.49. The van der Waals surface area contributed by atoms with E-state index < -0.39 is 0 Å². The summed E-state index contributed by atoms with van der Waals surface area (Å²) in [6, 6.07) is 16.4.